The molecule has 114 valence electrons. The molecule has 2 aromatic rings. The van der Waals surface area contributed by atoms with Crippen LogP contribution in [0, 0.1) is 11.3 Å². The highest BCUT2D eigenvalue weighted by molar-refractivity contribution is 5.85. The Morgan fingerprint density at radius 2 is 1.82 bits per heavy atom. The summed E-state index contributed by atoms with van der Waals surface area (Å²) in [6.07, 6.45) is 2.72. The SMILES string of the molecule is COc1cc2cc(CC#N)c(N3CCCC3)nc2cc1OC. The summed E-state index contributed by atoms with van der Waals surface area (Å²) in [6.45, 7) is 2.01. The van der Waals surface area contributed by atoms with Crippen LogP contribution in [0.25, 0.3) is 10.9 Å². The first-order valence-corrected chi connectivity index (χ1v) is 7.44. The Kier molecular flexibility index (Phi) is 4.01. The van der Waals surface area contributed by atoms with Crippen LogP contribution in [0.1, 0.15) is 18.4 Å². The zero-order chi connectivity index (χ0) is 15.5. The molecule has 0 saturated carbocycles. The number of nitriles is 1. The van der Waals surface area contributed by atoms with Crippen LogP contribution in [0.5, 0.6) is 11.5 Å². The van der Waals surface area contributed by atoms with Crippen LogP contribution in [-0.4, -0.2) is 32.3 Å². The molecule has 1 aliphatic heterocycles. The van der Waals surface area contributed by atoms with Crippen molar-refractivity contribution in [2.75, 3.05) is 32.2 Å². The van der Waals surface area contributed by atoms with Gasteiger partial charge in [0.05, 0.1) is 32.2 Å². The van der Waals surface area contributed by atoms with Gasteiger partial charge in [0.2, 0.25) is 0 Å². The molecule has 1 aliphatic rings. The summed E-state index contributed by atoms with van der Waals surface area (Å²) < 4.78 is 10.7. The molecule has 5 heteroatoms. The summed E-state index contributed by atoms with van der Waals surface area (Å²) in [6, 6.07) is 8.09. The topological polar surface area (TPSA) is 58.4 Å². The van der Waals surface area contributed by atoms with Crippen LogP contribution in [0.4, 0.5) is 5.82 Å². The molecule has 1 fully saturated rings. The Morgan fingerprint density at radius 3 is 2.45 bits per heavy atom. The van der Waals surface area contributed by atoms with Gasteiger partial charge in [0.15, 0.2) is 11.5 Å². The van der Waals surface area contributed by atoms with E-state index in [1.54, 1.807) is 14.2 Å². The van der Waals surface area contributed by atoms with Crippen molar-refractivity contribution in [1.82, 2.24) is 4.98 Å². The van der Waals surface area contributed by atoms with Gasteiger partial charge in [-0.3, -0.25) is 0 Å². The molecule has 2 heterocycles. The Hall–Kier alpha value is -2.48. The van der Waals surface area contributed by atoms with E-state index in [9.17, 15) is 0 Å². The smallest absolute Gasteiger partial charge is 0.162 e. The number of fused-ring (bicyclic) bond motifs is 1. The highest BCUT2D eigenvalue weighted by atomic mass is 16.5. The fourth-order valence-corrected chi connectivity index (χ4v) is 2.95. The van der Waals surface area contributed by atoms with E-state index in [0.29, 0.717) is 17.9 Å². The van der Waals surface area contributed by atoms with Gasteiger partial charge < -0.3 is 14.4 Å². The van der Waals surface area contributed by atoms with E-state index in [1.807, 2.05) is 18.2 Å². The van der Waals surface area contributed by atoms with Crippen LogP contribution in [0.2, 0.25) is 0 Å². The van der Waals surface area contributed by atoms with Gasteiger partial charge in [-0.2, -0.15) is 5.26 Å². The zero-order valence-corrected chi connectivity index (χ0v) is 12.9. The second-order valence-corrected chi connectivity index (χ2v) is 5.40. The number of nitrogens with zero attached hydrogens (tertiary/aromatic N) is 3. The van der Waals surface area contributed by atoms with E-state index in [-0.39, 0.29) is 0 Å². The molecular formula is C17H19N3O2. The zero-order valence-electron chi connectivity index (χ0n) is 12.9. The first kappa shape index (κ1) is 14.5. The average Bonchev–Trinajstić information content (AvgIpc) is 3.07. The van der Waals surface area contributed by atoms with E-state index >= 15 is 0 Å². The standard InChI is InChI=1S/C17H19N3O2/c1-21-15-10-13-9-12(5-6-18)17(20-7-3-4-8-20)19-14(13)11-16(15)22-2/h9-11H,3-5,7-8H2,1-2H3. The first-order valence-electron chi connectivity index (χ1n) is 7.44. The molecule has 0 bridgehead atoms. The van der Waals surface area contributed by atoms with Gasteiger partial charge in [-0.1, -0.05) is 0 Å². The van der Waals surface area contributed by atoms with Gasteiger partial charge in [-0.25, -0.2) is 4.98 Å². The fraction of sp³-hybridized carbons (Fsp3) is 0.412. The minimum Gasteiger partial charge on any atom is -0.493 e. The van der Waals surface area contributed by atoms with Crippen LogP contribution in [-0.2, 0) is 6.42 Å². The summed E-state index contributed by atoms with van der Waals surface area (Å²) in [4.78, 5) is 7.07. The number of aromatic nitrogens is 1. The molecule has 0 amide bonds. The third-order valence-corrected chi connectivity index (χ3v) is 4.05. The van der Waals surface area contributed by atoms with Crippen LogP contribution < -0.4 is 14.4 Å². The lowest BCUT2D eigenvalue weighted by Crippen LogP contribution is -2.20. The number of methoxy groups -OCH3 is 2. The lowest BCUT2D eigenvalue weighted by atomic mass is 10.1. The number of ether oxygens (including phenoxy) is 2. The van der Waals surface area contributed by atoms with Crippen molar-refractivity contribution in [1.29, 1.82) is 5.26 Å². The van der Waals surface area contributed by atoms with E-state index in [1.165, 1.54) is 12.8 Å². The lowest BCUT2D eigenvalue weighted by molar-refractivity contribution is 0.356. The van der Waals surface area contributed by atoms with Crippen molar-refractivity contribution >= 4 is 16.7 Å². The molecule has 1 saturated heterocycles. The number of hydrogen-bond donors (Lipinski definition) is 0. The molecular weight excluding hydrogens is 278 g/mol. The van der Waals surface area contributed by atoms with Gasteiger partial charge in [-0.05, 0) is 25.0 Å². The maximum absolute atomic E-state index is 9.10. The van der Waals surface area contributed by atoms with Gasteiger partial charge >= 0.3 is 0 Å². The molecule has 22 heavy (non-hydrogen) atoms. The largest absolute Gasteiger partial charge is 0.493 e. The summed E-state index contributed by atoms with van der Waals surface area (Å²) in [5, 5.41) is 10.1. The summed E-state index contributed by atoms with van der Waals surface area (Å²) in [5.74, 6) is 2.27. The van der Waals surface area contributed by atoms with Crippen LogP contribution in [0.3, 0.4) is 0 Å². The number of hydrogen-bond acceptors (Lipinski definition) is 5. The number of anilines is 1. The quantitative estimate of drug-likeness (QED) is 0.868. The van der Waals surface area contributed by atoms with Crippen molar-refractivity contribution in [2.24, 2.45) is 0 Å². The first-order chi connectivity index (χ1) is 10.8. The molecule has 5 nitrogen and oxygen atoms in total. The highest BCUT2D eigenvalue weighted by Gasteiger charge is 2.19. The number of pyridine rings is 1. The maximum atomic E-state index is 9.10. The molecule has 0 unspecified atom stereocenters. The Balaban J connectivity index is 2.17. The molecule has 0 radical (unpaired) electrons. The Labute approximate surface area is 130 Å². The maximum Gasteiger partial charge on any atom is 0.162 e. The van der Waals surface area contributed by atoms with Crippen LogP contribution >= 0.6 is 0 Å². The fourth-order valence-electron chi connectivity index (χ4n) is 2.95. The second kappa shape index (κ2) is 6.10. The van der Waals surface area contributed by atoms with Crippen molar-refractivity contribution in [3.8, 4) is 17.6 Å². The van der Waals surface area contributed by atoms with Gasteiger partial charge in [0, 0.05) is 30.1 Å². The predicted octanol–water partition coefficient (Wildman–Crippen LogP) is 2.92. The van der Waals surface area contributed by atoms with Crippen molar-refractivity contribution in [3.05, 3.63) is 23.8 Å². The monoisotopic (exact) mass is 297 g/mol. The second-order valence-electron chi connectivity index (χ2n) is 5.40. The third-order valence-electron chi connectivity index (χ3n) is 4.05. The van der Waals surface area contributed by atoms with E-state index in [2.05, 4.69) is 11.0 Å². The minimum atomic E-state index is 0.364. The number of benzene rings is 1. The van der Waals surface area contributed by atoms with E-state index in [4.69, 9.17) is 19.7 Å². The van der Waals surface area contributed by atoms with Gasteiger partial charge in [0.25, 0.3) is 0 Å². The molecule has 3 rings (SSSR count). The molecule has 0 N–H and O–H groups in total. The average molecular weight is 297 g/mol. The van der Waals surface area contributed by atoms with Crippen molar-refractivity contribution < 1.29 is 9.47 Å². The van der Waals surface area contributed by atoms with E-state index < -0.39 is 0 Å². The summed E-state index contributed by atoms with van der Waals surface area (Å²) in [5.41, 5.74) is 1.84. The normalized spacial score (nSPS) is 14.1. The number of rotatable bonds is 4. The molecule has 1 aromatic carbocycles. The van der Waals surface area contributed by atoms with Gasteiger partial charge in [-0.15, -0.1) is 0 Å². The van der Waals surface area contributed by atoms with Gasteiger partial charge in [0.1, 0.15) is 5.82 Å². The third kappa shape index (κ3) is 2.52. The van der Waals surface area contributed by atoms with Crippen LogP contribution in [0.15, 0.2) is 18.2 Å². The molecule has 0 atom stereocenters. The predicted molar refractivity (Wildman–Crippen MR) is 85.6 cm³/mol. The van der Waals surface area contributed by atoms with Crippen molar-refractivity contribution in [2.45, 2.75) is 19.3 Å². The Bertz CT molecular complexity index is 731. The summed E-state index contributed by atoms with van der Waals surface area (Å²) >= 11 is 0. The molecule has 0 spiro atoms. The summed E-state index contributed by atoms with van der Waals surface area (Å²) in [7, 11) is 3.24. The highest BCUT2D eigenvalue weighted by Crippen LogP contribution is 2.34. The van der Waals surface area contributed by atoms with Crippen molar-refractivity contribution in [3.63, 3.8) is 0 Å². The molecule has 0 aliphatic carbocycles. The minimum absolute atomic E-state index is 0.364. The van der Waals surface area contributed by atoms with E-state index in [0.717, 1.165) is 35.4 Å². The Morgan fingerprint density at radius 1 is 1.14 bits per heavy atom. The lowest BCUT2D eigenvalue weighted by Gasteiger charge is -2.20. The molecule has 1 aromatic heterocycles.